The van der Waals surface area contributed by atoms with Gasteiger partial charge in [-0.25, -0.2) is 0 Å². The van der Waals surface area contributed by atoms with E-state index < -0.39 is 0 Å². The van der Waals surface area contributed by atoms with Crippen LogP contribution < -0.4 is 15.4 Å². The first kappa shape index (κ1) is 19.8. The Labute approximate surface area is 184 Å². The van der Waals surface area contributed by atoms with E-state index in [9.17, 15) is 4.79 Å². The van der Waals surface area contributed by atoms with Crippen LogP contribution in [0.3, 0.4) is 0 Å². The predicted octanol–water partition coefficient (Wildman–Crippen LogP) is 6.08. The maximum Gasteiger partial charge on any atom is 0.266 e. The summed E-state index contributed by atoms with van der Waals surface area (Å²) in [6.07, 6.45) is 0. The fourth-order valence-corrected chi connectivity index (χ4v) is 3.20. The lowest BCUT2D eigenvalue weighted by Gasteiger charge is -2.10. The largest absolute Gasteiger partial charge is 0.432 e. The van der Waals surface area contributed by atoms with Crippen molar-refractivity contribution in [1.29, 1.82) is 0 Å². The molecule has 0 aliphatic carbocycles. The molecule has 3 rings (SSSR count). The van der Waals surface area contributed by atoms with E-state index in [0.29, 0.717) is 11.3 Å². The number of thiocarbonyl (C=S) groups is 1. The molecule has 4 nitrogen and oxygen atoms in total. The molecule has 0 aromatic heterocycles. The second-order valence-corrected chi connectivity index (χ2v) is 8.04. The van der Waals surface area contributed by atoms with E-state index in [1.807, 2.05) is 48.5 Å². The number of ether oxygens (including phenoxy) is 1. The molecule has 0 heterocycles. The summed E-state index contributed by atoms with van der Waals surface area (Å²) in [5, 5.41) is 6.09. The van der Waals surface area contributed by atoms with Crippen LogP contribution in [0.15, 0.2) is 77.3 Å². The normalized spacial score (nSPS) is 10.1. The van der Waals surface area contributed by atoms with Gasteiger partial charge in [-0.2, -0.15) is 0 Å². The van der Waals surface area contributed by atoms with Gasteiger partial charge in [-0.15, -0.1) is 0 Å². The fourth-order valence-electron chi connectivity index (χ4n) is 2.23. The predicted molar refractivity (Wildman–Crippen MR) is 125 cm³/mol. The first-order valence-corrected chi connectivity index (χ1v) is 10.2. The topological polar surface area (TPSA) is 50.4 Å². The van der Waals surface area contributed by atoms with E-state index in [1.54, 1.807) is 24.3 Å². The molecule has 0 aliphatic heterocycles. The molecule has 0 unspecified atom stereocenters. The van der Waals surface area contributed by atoms with Gasteiger partial charge in [0.15, 0.2) is 0 Å². The van der Waals surface area contributed by atoms with Crippen molar-refractivity contribution < 1.29 is 9.53 Å². The summed E-state index contributed by atoms with van der Waals surface area (Å²) in [4.78, 5) is 12.3. The van der Waals surface area contributed by atoms with E-state index >= 15 is 0 Å². The van der Waals surface area contributed by atoms with Crippen molar-refractivity contribution in [2.45, 2.75) is 0 Å². The third-order valence-corrected chi connectivity index (χ3v) is 4.90. The molecule has 7 heteroatoms. The van der Waals surface area contributed by atoms with Crippen LogP contribution in [-0.2, 0) is 0 Å². The fraction of sp³-hybridized carbons (Fsp3) is 0. The van der Waals surface area contributed by atoms with Gasteiger partial charge in [-0.1, -0.05) is 22.0 Å². The summed E-state index contributed by atoms with van der Waals surface area (Å²) < 4.78 is 7.65. The highest BCUT2D eigenvalue weighted by molar-refractivity contribution is 14.1. The van der Waals surface area contributed by atoms with Gasteiger partial charge in [0.1, 0.15) is 5.75 Å². The van der Waals surface area contributed by atoms with Gasteiger partial charge in [0.05, 0.1) is 0 Å². The van der Waals surface area contributed by atoms with Crippen LogP contribution in [0.2, 0.25) is 0 Å². The van der Waals surface area contributed by atoms with Gasteiger partial charge < -0.3 is 15.4 Å². The molecule has 0 radical (unpaired) electrons. The van der Waals surface area contributed by atoms with Gasteiger partial charge in [0, 0.05) is 25.0 Å². The van der Waals surface area contributed by atoms with E-state index in [0.717, 1.165) is 19.4 Å². The quantitative estimate of drug-likeness (QED) is 0.304. The molecule has 1 amide bonds. The van der Waals surface area contributed by atoms with Gasteiger partial charge in [-0.3, -0.25) is 4.79 Å². The highest BCUT2D eigenvalue weighted by atomic mass is 127. The summed E-state index contributed by atoms with van der Waals surface area (Å²) in [5.41, 5.74) is 2.11. The molecule has 3 aromatic rings. The van der Waals surface area contributed by atoms with Crippen molar-refractivity contribution >= 4 is 73.2 Å². The van der Waals surface area contributed by atoms with Crippen LogP contribution in [0.1, 0.15) is 10.4 Å². The van der Waals surface area contributed by atoms with E-state index in [2.05, 4.69) is 49.2 Å². The molecule has 0 atom stereocenters. The second kappa shape index (κ2) is 9.29. The standard InChI is InChI=1S/C20H14BrIN2O2S/c21-14-2-1-3-17(12-14)24-20(27)26-18-10-4-13(5-11-18)19(25)23-16-8-6-15(22)7-9-16/h1-12H,(H,23,25)(H,24,27). The van der Waals surface area contributed by atoms with E-state index in [-0.39, 0.29) is 11.1 Å². The minimum atomic E-state index is -0.183. The summed E-state index contributed by atoms with van der Waals surface area (Å²) >= 11 is 10.8. The Bertz CT molecular complexity index is 962. The maximum atomic E-state index is 12.3. The minimum absolute atomic E-state index is 0.183. The zero-order valence-corrected chi connectivity index (χ0v) is 18.5. The first-order valence-electron chi connectivity index (χ1n) is 7.91. The van der Waals surface area contributed by atoms with Crippen molar-refractivity contribution in [3.8, 4) is 5.75 Å². The molecular weight excluding hydrogens is 539 g/mol. The Hall–Kier alpha value is -1.97. The monoisotopic (exact) mass is 552 g/mol. The van der Waals surface area contributed by atoms with Crippen LogP contribution in [0, 0.1) is 3.57 Å². The number of carbonyl (C=O) groups excluding carboxylic acids is 1. The Kier molecular flexibility index (Phi) is 6.81. The van der Waals surface area contributed by atoms with Crippen molar-refractivity contribution in [3.63, 3.8) is 0 Å². The molecule has 3 aromatic carbocycles. The van der Waals surface area contributed by atoms with Crippen molar-refractivity contribution in [1.82, 2.24) is 0 Å². The Morgan fingerprint density at radius 3 is 2.30 bits per heavy atom. The van der Waals surface area contributed by atoms with Crippen molar-refractivity contribution in [3.05, 3.63) is 86.4 Å². The summed E-state index contributed by atoms with van der Waals surface area (Å²) in [6, 6.07) is 22.0. The van der Waals surface area contributed by atoms with Gasteiger partial charge >= 0.3 is 0 Å². The third-order valence-electron chi connectivity index (χ3n) is 3.50. The molecule has 2 N–H and O–H groups in total. The lowest BCUT2D eigenvalue weighted by atomic mass is 10.2. The average molecular weight is 553 g/mol. The lowest BCUT2D eigenvalue weighted by molar-refractivity contribution is 0.102. The van der Waals surface area contributed by atoms with Crippen molar-refractivity contribution in [2.24, 2.45) is 0 Å². The molecule has 0 fully saturated rings. The van der Waals surface area contributed by atoms with Gasteiger partial charge in [0.25, 0.3) is 11.1 Å². The highest BCUT2D eigenvalue weighted by Crippen LogP contribution is 2.18. The van der Waals surface area contributed by atoms with Crippen LogP contribution in [-0.4, -0.2) is 11.1 Å². The first-order chi connectivity index (χ1) is 13.0. The summed E-state index contributed by atoms with van der Waals surface area (Å²) in [5.74, 6) is 0.367. The Morgan fingerprint density at radius 2 is 1.63 bits per heavy atom. The zero-order valence-electron chi connectivity index (χ0n) is 13.9. The summed E-state index contributed by atoms with van der Waals surface area (Å²) in [6.45, 7) is 0. The average Bonchev–Trinajstić information content (AvgIpc) is 2.64. The molecular formula is C20H14BrIN2O2S. The highest BCUT2D eigenvalue weighted by Gasteiger charge is 2.07. The number of halogens is 2. The maximum absolute atomic E-state index is 12.3. The Balaban J connectivity index is 1.58. The number of benzene rings is 3. The molecule has 0 aliphatic rings. The zero-order chi connectivity index (χ0) is 19.2. The number of hydrogen-bond donors (Lipinski definition) is 2. The number of anilines is 2. The second-order valence-electron chi connectivity index (χ2n) is 5.51. The molecule has 0 saturated heterocycles. The minimum Gasteiger partial charge on any atom is -0.432 e. The van der Waals surface area contributed by atoms with Crippen LogP contribution in [0.4, 0.5) is 11.4 Å². The van der Waals surface area contributed by atoms with Crippen LogP contribution in [0.25, 0.3) is 0 Å². The number of carbonyl (C=O) groups is 1. The van der Waals surface area contributed by atoms with E-state index in [4.69, 9.17) is 17.0 Å². The molecule has 0 spiro atoms. The smallest absolute Gasteiger partial charge is 0.266 e. The van der Waals surface area contributed by atoms with E-state index in [1.165, 1.54) is 0 Å². The van der Waals surface area contributed by atoms with Crippen LogP contribution in [0.5, 0.6) is 5.75 Å². The number of rotatable bonds is 4. The number of amides is 1. The molecule has 0 saturated carbocycles. The number of nitrogens with one attached hydrogen (secondary N) is 2. The number of hydrogen-bond acceptors (Lipinski definition) is 3. The molecule has 136 valence electrons. The molecule has 27 heavy (non-hydrogen) atoms. The SMILES string of the molecule is O=C(Nc1ccc(I)cc1)c1ccc(OC(=S)Nc2cccc(Br)c2)cc1. The lowest BCUT2D eigenvalue weighted by Crippen LogP contribution is -2.16. The van der Waals surface area contributed by atoms with Crippen molar-refractivity contribution in [2.75, 3.05) is 10.6 Å². The van der Waals surface area contributed by atoms with Gasteiger partial charge in [-0.05, 0) is 102 Å². The van der Waals surface area contributed by atoms with Crippen LogP contribution >= 0.6 is 50.7 Å². The Morgan fingerprint density at radius 1 is 0.926 bits per heavy atom. The summed E-state index contributed by atoms with van der Waals surface area (Å²) in [7, 11) is 0. The third kappa shape index (κ3) is 6.02. The molecule has 0 bridgehead atoms. The van der Waals surface area contributed by atoms with Gasteiger partial charge in [0.2, 0.25) is 0 Å².